The molecular weight excluding hydrogens is 394 g/mol. The lowest BCUT2D eigenvalue weighted by molar-refractivity contribution is 0.0942. The van der Waals surface area contributed by atoms with Gasteiger partial charge in [-0.15, -0.1) is 0 Å². The van der Waals surface area contributed by atoms with Crippen molar-refractivity contribution in [2.24, 2.45) is 0 Å². The van der Waals surface area contributed by atoms with E-state index >= 15 is 0 Å². The van der Waals surface area contributed by atoms with Crippen molar-refractivity contribution in [1.82, 2.24) is 20.4 Å². The van der Waals surface area contributed by atoms with Gasteiger partial charge in [0.25, 0.3) is 5.91 Å². The van der Waals surface area contributed by atoms with Gasteiger partial charge in [0.2, 0.25) is 0 Å². The van der Waals surface area contributed by atoms with Crippen LogP contribution in [0.15, 0.2) is 34.8 Å². The Bertz CT molecular complexity index is 723. The van der Waals surface area contributed by atoms with Gasteiger partial charge in [0.1, 0.15) is 0 Å². The molecule has 0 unspecified atom stereocenters. The molecule has 1 saturated heterocycles. The van der Waals surface area contributed by atoms with Crippen molar-refractivity contribution in [2.75, 3.05) is 44.2 Å². The lowest BCUT2D eigenvalue weighted by Crippen LogP contribution is -2.48. The number of para-hydroxylation sites is 1. The second kappa shape index (κ2) is 8.68. The van der Waals surface area contributed by atoms with Crippen molar-refractivity contribution in [2.45, 2.75) is 19.8 Å². The van der Waals surface area contributed by atoms with Crippen LogP contribution in [0.5, 0.6) is 0 Å². The molecule has 1 aliphatic rings. The van der Waals surface area contributed by atoms with Crippen molar-refractivity contribution < 1.29 is 4.79 Å². The van der Waals surface area contributed by atoms with Crippen LogP contribution in [0.4, 0.5) is 5.69 Å². The van der Waals surface area contributed by atoms with Gasteiger partial charge < -0.3 is 10.2 Å². The fourth-order valence-corrected chi connectivity index (χ4v) is 3.97. The van der Waals surface area contributed by atoms with Gasteiger partial charge in [-0.3, -0.25) is 14.8 Å². The molecule has 1 aromatic heterocycles. The highest BCUT2D eigenvalue weighted by molar-refractivity contribution is 9.10. The highest BCUT2D eigenvalue weighted by atomic mass is 79.9. The highest BCUT2D eigenvalue weighted by Crippen LogP contribution is 2.25. The number of carbonyl (C=O) groups excluding carboxylic acids is 1. The van der Waals surface area contributed by atoms with E-state index in [1.54, 1.807) is 0 Å². The van der Waals surface area contributed by atoms with Crippen LogP contribution in [0, 0.1) is 0 Å². The normalized spacial score (nSPS) is 15.5. The Kier molecular flexibility index (Phi) is 6.32. The number of benzene rings is 1. The number of hydrogen-bond donors (Lipinski definition) is 2. The van der Waals surface area contributed by atoms with Crippen LogP contribution in [0.2, 0.25) is 0 Å². The zero-order chi connectivity index (χ0) is 18.5. The van der Waals surface area contributed by atoms with Crippen LogP contribution in [0.3, 0.4) is 0 Å². The summed E-state index contributed by atoms with van der Waals surface area (Å²) in [4.78, 5) is 17.1. The number of piperazine rings is 1. The average Bonchev–Trinajstić information content (AvgIpc) is 3.05. The predicted molar refractivity (Wildman–Crippen MR) is 108 cm³/mol. The van der Waals surface area contributed by atoms with E-state index < -0.39 is 0 Å². The highest BCUT2D eigenvalue weighted by Gasteiger charge is 2.20. The third-order valence-corrected chi connectivity index (χ3v) is 5.53. The molecule has 2 heterocycles. The smallest absolute Gasteiger partial charge is 0.273 e. The molecule has 26 heavy (non-hydrogen) atoms. The van der Waals surface area contributed by atoms with Gasteiger partial charge in [-0.25, -0.2) is 0 Å². The van der Waals surface area contributed by atoms with Gasteiger partial charge in [0.15, 0.2) is 5.69 Å². The first-order valence-corrected chi connectivity index (χ1v) is 9.90. The Labute approximate surface area is 163 Å². The van der Waals surface area contributed by atoms with E-state index in [9.17, 15) is 4.79 Å². The number of carbonyl (C=O) groups is 1. The number of hydrogen-bond acceptors (Lipinski definition) is 4. The van der Waals surface area contributed by atoms with E-state index in [1.165, 1.54) is 5.69 Å². The number of H-pyrrole nitrogens is 1. The summed E-state index contributed by atoms with van der Waals surface area (Å²) in [5, 5.41) is 10.1. The second-order valence-corrected chi connectivity index (χ2v) is 7.67. The molecule has 3 rings (SSSR count). The van der Waals surface area contributed by atoms with Gasteiger partial charge in [0, 0.05) is 45.0 Å². The van der Waals surface area contributed by atoms with Crippen LogP contribution in [-0.4, -0.2) is 60.3 Å². The quantitative estimate of drug-likeness (QED) is 0.755. The number of aromatic amines is 1. The van der Waals surface area contributed by atoms with Gasteiger partial charge in [-0.2, -0.15) is 5.10 Å². The maximum atomic E-state index is 12.3. The minimum atomic E-state index is -0.136. The molecule has 2 N–H and O–H groups in total. The van der Waals surface area contributed by atoms with Crippen LogP contribution < -0.4 is 10.2 Å². The molecule has 7 heteroatoms. The van der Waals surface area contributed by atoms with Crippen LogP contribution in [0.25, 0.3) is 0 Å². The van der Waals surface area contributed by atoms with Crippen LogP contribution >= 0.6 is 15.9 Å². The SMILES string of the molecule is CC(C)c1[nH]nc(C(=O)NCCN2CCN(c3ccccc3)CC2)c1Br. The van der Waals surface area contributed by atoms with Gasteiger partial charge in [0.05, 0.1) is 10.2 Å². The Morgan fingerprint density at radius 3 is 2.54 bits per heavy atom. The molecule has 0 bridgehead atoms. The molecule has 1 aromatic carbocycles. The standard InChI is InChI=1S/C19H26BrN5O/c1-14(2)17-16(20)18(23-22-17)19(26)21-8-9-24-10-12-25(13-11-24)15-6-4-3-5-7-15/h3-7,14H,8-13H2,1-2H3,(H,21,26)(H,22,23). The average molecular weight is 420 g/mol. The number of halogens is 1. The molecule has 1 amide bonds. The summed E-state index contributed by atoms with van der Waals surface area (Å²) in [6.45, 7) is 9.65. The first-order chi connectivity index (χ1) is 12.6. The van der Waals surface area contributed by atoms with E-state index in [-0.39, 0.29) is 5.91 Å². The maximum Gasteiger partial charge on any atom is 0.273 e. The second-order valence-electron chi connectivity index (χ2n) is 6.87. The van der Waals surface area contributed by atoms with Crippen LogP contribution in [0.1, 0.15) is 35.9 Å². The number of amides is 1. The molecule has 0 atom stereocenters. The molecule has 2 aromatic rings. The summed E-state index contributed by atoms with van der Waals surface area (Å²) in [6.07, 6.45) is 0. The molecule has 1 aliphatic heterocycles. The largest absolute Gasteiger partial charge is 0.369 e. The maximum absolute atomic E-state index is 12.3. The predicted octanol–water partition coefficient (Wildman–Crippen LogP) is 2.85. The molecule has 1 fully saturated rings. The first kappa shape index (κ1) is 18.9. The number of nitrogens with zero attached hydrogens (tertiary/aromatic N) is 3. The number of rotatable bonds is 6. The van der Waals surface area contributed by atoms with Crippen molar-refractivity contribution in [3.8, 4) is 0 Å². The first-order valence-electron chi connectivity index (χ1n) is 9.10. The van der Waals surface area contributed by atoms with E-state index in [4.69, 9.17) is 0 Å². The summed E-state index contributed by atoms with van der Waals surface area (Å²) in [6, 6.07) is 10.5. The molecule has 6 nitrogen and oxygen atoms in total. The van der Waals surface area contributed by atoms with Crippen molar-refractivity contribution in [3.05, 3.63) is 46.2 Å². The Morgan fingerprint density at radius 1 is 1.23 bits per heavy atom. The summed E-state index contributed by atoms with van der Waals surface area (Å²) in [5.41, 5.74) is 2.67. The molecule has 0 radical (unpaired) electrons. The monoisotopic (exact) mass is 419 g/mol. The zero-order valence-electron chi connectivity index (χ0n) is 15.3. The van der Waals surface area contributed by atoms with Crippen molar-refractivity contribution in [3.63, 3.8) is 0 Å². The summed E-state index contributed by atoms with van der Waals surface area (Å²) >= 11 is 3.48. The zero-order valence-corrected chi connectivity index (χ0v) is 16.9. The van der Waals surface area contributed by atoms with Crippen molar-refractivity contribution >= 4 is 27.5 Å². The molecule has 0 spiro atoms. The fraction of sp³-hybridized carbons (Fsp3) is 0.474. The molecular formula is C19H26BrN5O. The third kappa shape index (κ3) is 4.45. The topological polar surface area (TPSA) is 64.3 Å². The summed E-state index contributed by atoms with van der Waals surface area (Å²) in [5.74, 6) is 0.155. The van der Waals surface area contributed by atoms with Crippen LogP contribution in [-0.2, 0) is 0 Å². The van der Waals surface area contributed by atoms with E-state index in [0.717, 1.165) is 42.9 Å². The van der Waals surface area contributed by atoms with E-state index in [1.807, 2.05) is 6.07 Å². The van der Waals surface area contributed by atoms with Crippen molar-refractivity contribution in [1.29, 1.82) is 0 Å². The van der Waals surface area contributed by atoms with Gasteiger partial charge >= 0.3 is 0 Å². The minimum Gasteiger partial charge on any atom is -0.369 e. The third-order valence-electron chi connectivity index (χ3n) is 4.73. The Morgan fingerprint density at radius 2 is 1.92 bits per heavy atom. The van der Waals surface area contributed by atoms with E-state index in [0.29, 0.717) is 18.2 Å². The fourth-order valence-electron chi connectivity index (χ4n) is 3.15. The van der Waals surface area contributed by atoms with E-state index in [2.05, 4.69) is 79.4 Å². The van der Waals surface area contributed by atoms with Gasteiger partial charge in [-0.05, 0) is 34.0 Å². The summed E-state index contributed by atoms with van der Waals surface area (Å²) in [7, 11) is 0. The Balaban J connectivity index is 1.42. The number of anilines is 1. The Hall–Kier alpha value is -1.86. The lowest BCUT2D eigenvalue weighted by atomic mass is 10.1. The lowest BCUT2D eigenvalue weighted by Gasteiger charge is -2.36. The minimum absolute atomic E-state index is 0.136. The van der Waals surface area contributed by atoms with Gasteiger partial charge in [-0.1, -0.05) is 32.0 Å². The molecule has 0 aliphatic carbocycles. The summed E-state index contributed by atoms with van der Waals surface area (Å²) < 4.78 is 0.765. The molecule has 140 valence electrons. The molecule has 0 saturated carbocycles. The number of nitrogens with one attached hydrogen (secondary N) is 2. The number of aromatic nitrogens is 2.